The first-order valence-corrected chi connectivity index (χ1v) is 10.2. The molecule has 0 spiro atoms. The maximum atomic E-state index is 9.23. The van der Waals surface area contributed by atoms with Crippen molar-refractivity contribution in [2.75, 3.05) is 5.73 Å². The predicted molar refractivity (Wildman–Crippen MR) is 127 cm³/mol. The topological polar surface area (TPSA) is 139 Å². The molecular formula is C23H23ClN8. The van der Waals surface area contributed by atoms with Crippen molar-refractivity contribution in [2.24, 2.45) is 15.9 Å². The van der Waals surface area contributed by atoms with Crippen LogP contribution in [0.1, 0.15) is 43.4 Å². The van der Waals surface area contributed by atoms with Crippen molar-refractivity contribution in [1.29, 1.82) is 5.26 Å². The number of nitrogens with two attached hydrogens (primary N) is 2. The molecule has 0 aliphatic carbocycles. The summed E-state index contributed by atoms with van der Waals surface area (Å²) in [5.41, 5.74) is 9.71. The van der Waals surface area contributed by atoms with Crippen LogP contribution < -0.4 is 11.6 Å². The molecule has 0 fully saturated rings. The summed E-state index contributed by atoms with van der Waals surface area (Å²) in [6.45, 7) is 6.68. The van der Waals surface area contributed by atoms with Gasteiger partial charge >= 0.3 is 0 Å². The predicted octanol–water partition coefficient (Wildman–Crippen LogP) is 3.88. The molecule has 0 atom stereocenters. The van der Waals surface area contributed by atoms with Crippen LogP contribution in [0, 0.1) is 11.3 Å². The van der Waals surface area contributed by atoms with Gasteiger partial charge in [-0.05, 0) is 24.3 Å². The molecule has 0 radical (unpaired) electrons. The molecule has 2 heterocycles. The average molecular weight is 447 g/mol. The summed E-state index contributed by atoms with van der Waals surface area (Å²) in [5.74, 6) is 5.61. The number of hydrazone groups is 1. The van der Waals surface area contributed by atoms with E-state index in [0.717, 1.165) is 11.4 Å². The number of aromatic nitrogens is 3. The van der Waals surface area contributed by atoms with E-state index in [1.54, 1.807) is 24.3 Å². The van der Waals surface area contributed by atoms with E-state index in [0.29, 0.717) is 34.8 Å². The van der Waals surface area contributed by atoms with Gasteiger partial charge < -0.3 is 11.6 Å². The van der Waals surface area contributed by atoms with Gasteiger partial charge in [0, 0.05) is 16.7 Å². The molecule has 0 bridgehead atoms. The van der Waals surface area contributed by atoms with Crippen LogP contribution in [0.5, 0.6) is 0 Å². The number of nitrogen functional groups attached to an aromatic ring is 1. The molecule has 0 unspecified atom stereocenters. The van der Waals surface area contributed by atoms with Gasteiger partial charge in [-0.3, -0.25) is 9.98 Å². The molecule has 3 rings (SSSR count). The molecular weight excluding hydrogens is 424 g/mol. The van der Waals surface area contributed by atoms with Gasteiger partial charge in [-0.2, -0.15) is 10.4 Å². The molecule has 9 heteroatoms. The number of benzene rings is 1. The smallest absolute Gasteiger partial charge is 0.221 e. The van der Waals surface area contributed by atoms with Gasteiger partial charge in [0.1, 0.15) is 11.8 Å². The monoisotopic (exact) mass is 446 g/mol. The van der Waals surface area contributed by atoms with Gasteiger partial charge in [0.15, 0.2) is 0 Å². The quantitative estimate of drug-likeness (QED) is 0.346. The Kier molecular flexibility index (Phi) is 6.81. The van der Waals surface area contributed by atoms with Gasteiger partial charge in [0.05, 0.1) is 40.4 Å². The Bertz CT molecular complexity index is 1240. The molecule has 0 saturated heterocycles. The third-order valence-corrected chi connectivity index (χ3v) is 4.99. The van der Waals surface area contributed by atoms with Crippen molar-refractivity contribution in [1.82, 2.24) is 15.0 Å². The molecule has 0 saturated carbocycles. The summed E-state index contributed by atoms with van der Waals surface area (Å²) in [6, 6.07) is 14.7. The maximum Gasteiger partial charge on any atom is 0.221 e. The highest BCUT2D eigenvalue weighted by atomic mass is 35.5. The van der Waals surface area contributed by atoms with E-state index in [-0.39, 0.29) is 16.4 Å². The van der Waals surface area contributed by atoms with Crippen molar-refractivity contribution in [3.63, 3.8) is 0 Å². The summed E-state index contributed by atoms with van der Waals surface area (Å²) in [6.07, 6.45) is 1.52. The Morgan fingerprint density at radius 2 is 1.91 bits per heavy atom. The number of aliphatic imine (C=N–C) groups is 1. The highest BCUT2D eigenvalue weighted by molar-refractivity contribution is 6.38. The molecule has 0 aliphatic heterocycles. The second kappa shape index (κ2) is 9.54. The number of rotatable bonds is 5. The van der Waals surface area contributed by atoms with Gasteiger partial charge in [0.25, 0.3) is 0 Å². The van der Waals surface area contributed by atoms with Gasteiger partial charge in [-0.1, -0.05) is 50.6 Å². The molecule has 4 N–H and O–H groups in total. The Morgan fingerprint density at radius 1 is 1.16 bits per heavy atom. The van der Waals surface area contributed by atoms with Crippen LogP contribution in [-0.2, 0) is 12.0 Å². The lowest BCUT2D eigenvalue weighted by Crippen LogP contribution is -2.14. The number of halogens is 1. The van der Waals surface area contributed by atoms with E-state index < -0.39 is 0 Å². The average Bonchev–Trinajstić information content (AvgIpc) is 2.76. The normalized spacial score (nSPS) is 12.2. The number of nitriles is 1. The zero-order chi connectivity index (χ0) is 23.3. The summed E-state index contributed by atoms with van der Waals surface area (Å²) in [5, 5.41) is 13.3. The lowest BCUT2D eigenvalue weighted by atomic mass is 9.91. The summed E-state index contributed by atoms with van der Waals surface area (Å²) in [7, 11) is 0. The van der Waals surface area contributed by atoms with E-state index in [1.165, 1.54) is 6.21 Å². The largest absolute Gasteiger partial charge is 0.368 e. The Hall–Kier alpha value is -3.83. The van der Waals surface area contributed by atoms with Crippen molar-refractivity contribution < 1.29 is 0 Å². The Labute approximate surface area is 191 Å². The molecule has 3 aromatic rings. The molecule has 0 amide bonds. The molecule has 162 valence electrons. The molecule has 2 aromatic heterocycles. The van der Waals surface area contributed by atoms with Gasteiger partial charge in [-0.25, -0.2) is 9.97 Å². The Morgan fingerprint density at radius 3 is 2.59 bits per heavy atom. The minimum absolute atomic E-state index is 0.0185. The van der Waals surface area contributed by atoms with E-state index in [9.17, 15) is 5.26 Å². The van der Waals surface area contributed by atoms with E-state index in [2.05, 4.69) is 45.8 Å². The number of anilines is 1. The van der Waals surface area contributed by atoms with Crippen LogP contribution in [0.25, 0.3) is 11.3 Å². The zero-order valence-corrected chi connectivity index (χ0v) is 18.8. The van der Waals surface area contributed by atoms with Crippen LogP contribution in [-0.4, -0.2) is 26.9 Å². The second-order valence-corrected chi connectivity index (χ2v) is 8.40. The minimum atomic E-state index is -0.0530. The number of pyridine rings is 1. The van der Waals surface area contributed by atoms with E-state index in [1.807, 2.05) is 24.3 Å². The Balaban J connectivity index is 1.88. The standard InChI is InChI=1S/C23H23ClN8/c1-23(2,3)20-9-5-7-15(29-20)12-28-13-19(32-27)18-10-17(30-22(26)31-18)16-8-4-6-14(11-25)21(16)24/h4-10,13H,12,27H2,1-3H3,(H2,26,30,31)/b28-13?,32-19+. The maximum absolute atomic E-state index is 9.23. The fourth-order valence-electron chi connectivity index (χ4n) is 2.93. The highest BCUT2D eigenvalue weighted by Gasteiger charge is 2.16. The molecule has 32 heavy (non-hydrogen) atoms. The minimum Gasteiger partial charge on any atom is -0.368 e. The summed E-state index contributed by atoms with van der Waals surface area (Å²) < 4.78 is 0. The summed E-state index contributed by atoms with van der Waals surface area (Å²) in [4.78, 5) is 17.5. The first kappa shape index (κ1) is 22.8. The third-order valence-electron chi connectivity index (χ3n) is 4.58. The van der Waals surface area contributed by atoms with E-state index in [4.69, 9.17) is 23.2 Å². The fourth-order valence-corrected chi connectivity index (χ4v) is 3.19. The zero-order valence-electron chi connectivity index (χ0n) is 18.0. The lowest BCUT2D eigenvalue weighted by molar-refractivity contribution is 0.565. The van der Waals surface area contributed by atoms with Crippen molar-refractivity contribution in [3.8, 4) is 17.3 Å². The first-order chi connectivity index (χ1) is 15.2. The SMILES string of the molecule is CC(C)(C)c1cccc(CN=C/C(=N\N)c2cc(-c3cccc(C#N)c3Cl)nc(N)n2)n1. The fraction of sp³-hybridized carbons (Fsp3) is 0.217. The summed E-state index contributed by atoms with van der Waals surface area (Å²) >= 11 is 6.35. The van der Waals surface area contributed by atoms with Crippen LogP contribution in [0.2, 0.25) is 5.02 Å². The molecule has 0 aliphatic rings. The third kappa shape index (κ3) is 5.25. The van der Waals surface area contributed by atoms with Gasteiger partial charge in [0.2, 0.25) is 5.95 Å². The number of hydrogen-bond acceptors (Lipinski definition) is 8. The molecule has 1 aromatic carbocycles. The van der Waals surface area contributed by atoms with Crippen LogP contribution in [0.4, 0.5) is 5.95 Å². The van der Waals surface area contributed by atoms with Crippen molar-refractivity contribution >= 4 is 29.5 Å². The lowest BCUT2D eigenvalue weighted by Gasteiger charge is -2.17. The van der Waals surface area contributed by atoms with Crippen LogP contribution >= 0.6 is 11.6 Å². The highest BCUT2D eigenvalue weighted by Crippen LogP contribution is 2.30. The van der Waals surface area contributed by atoms with Crippen LogP contribution in [0.3, 0.4) is 0 Å². The van der Waals surface area contributed by atoms with Crippen LogP contribution in [0.15, 0.2) is 52.6 Å². The number of hydrogen-bond donors (Lipinski definition) is 2. The number of nitrogens with zero attached hydrogens (tertiary/aromatic N) is 6. The first-order valence-electron chi connectivity index (χ1n) is 9.81. The van der Waals surface area contributed by atoms with Gasteiger partial charge in [-0.15, -0.1) is 0 Å². The molecule has 8 nitrogen and oxygen atoms in total. The van der Waals surface area contributed by atoms with Crippen molar-refractivity contribution in [2.45, 2.75) is 32.7 Å². The van der Waals surface area contributed by atoms with Crippen molar-refractivity contribution in [3.05, 3.63) is 70.1 Å². The van der Waals surface area contributed by atoms with E-state index >= 15 is 0 Å². The second-order valence-electron chi connectivity index (χ2n) is 8.02.